The predicted molar refractivity (Wildman–Crippen MR) is 111 cm³/mol. The van der Waals surface area contributed by atoms with Gasteiger partial charge < -0.3 is 0 Å². The van der Waals surface area contributed by atoms with E-state index in [9.17, 15) is 0 Å². The Morgan fingerprint density at radius 3 is 2.42 bits per heavy atom. The zero-order chi connectivity index (χ0) is 18.3. The molecule has 0 atom stereocenters. The monoisotopic (exact) mass is 340 g/mol. The van der Waals surface area contributed by atoms with Crippen LogP contribution in [0.3, 0.4) is 0 Å². The third-order valence-corrected chi connectivity index (χ3v) is 5.41. The van der Waals surface area contributed by atoms with Gasteiger partial charge in [-0.05, 0) is 53.3 Å². The largest absolute Gasteiger partial charge is 0.213 e. The lowest BCUT2D eigenvalue weighted by Crippen LogP contribution is -2.32. The zero-order valence-electron chi connectivity index (χ0n) is 16.1. The number of aromatic nitrogens is 1. The van der Waals surface area contributed by atoms with Crippen LogP contribution in [0.4, 0.5) is 0 Å². The Balaban J connectivity index is 1.93. The first-order valence-electron chi connectivity index (χ1n) is 9.45. The van der Waals surface area contributed by atoms with Gasteiger partial charge in [-0.15, -0.1) is 0 Å². The number of benzene rings is 3. The summed E-state index contributed by atoms with van der Waals surface area (Å²) in [6, 6.07) is 24.4. The van der Waals surface area contributed by atoms with Crippen molar-refractivity contribution in [2.45, 2.75) is 27.2 Å². The molecule has 0 aliphatic heterocycles. The molecule has 1 nitrogen and oxygen atoms in total. The van der Waals surface area contributed by atoms with Crippen molar-refractivity contribution in [2.24, 2.45) is 13.0 Å². The molecule has 26 heavy (non-hydrogen) atoms. The third kappa shape index (κ3) is 2.78. The van der Waals surface area contributed by atoms with Gasteiger partial charge in [-0.25, -0.2) is 0 Å². The molecule has 1 heteroatoms. The summed E-state index contributed by atoms with van der Waals surface area (Å²) in [4.78, 5) is 0. The first-order valence-corrected chi connectivity index (χ1v) is 9.45. The predicted octanol–water partition coefficient (Wildman–Crippen LogP) is 5.99. The summed E-state index contributed by atoms with van der Waals surface area (Å²) < 4.78 is 2.34. The van der Waals surface area contributed by atoms with Gasteiger partial charge in [0.2, 0.25) is 11.2 Å². The Labute approximate surface area is 155 Å². The highest BCUT2D eigenvalue weighted by Gasteiger charge is 2.18. The first-order chi connectivity index (χ1) is 12.6. The van der Waals surface area contributed by atoms with Gasteiger partial charge in [-0.2, -0.15) is 4.57 Å². The lowest BCUT2D eigenvalue weighted by Gasteiger charge is -2.12. The van der Waals surface area contributed by atoms with Crippen LogP contribution in [0.15, 0.2) is 66.7 Å². The van der Waals surface area contributed by atoms with Crippen LogP contribution in [0.25, 0.3) is 32.9 Å². The van der Waals surface area contributed by atoms with Crippen LogP contribution in [-0.4, -0.2) is 0 Å². The molecule has 3 aromatic carbocycles. The van der Waals surface area contributed by atoms with E-state index in [-0.39, 0.29) is 0 Å². The molecule has 0 saturated heterocycles. The highest BCUT2D eigenvalue weighted by atomic mass is 14.9. The van der Waals surface area contributed by atoms with Crippen molar-refractivity contribution in [3.8, 4) is 11.3 Å². The fourth-order valence-corrected chi connectivity index (χ4v) is 4.08. The summed E-state index contributed by atoms with van der Waals surface area (Å²) in [6.45, 7) is 6.80. The molecule has 0 saturated carbocycles. The van der Waals surface area contributed by atoms with E-state index >= 15 is 0 Å². The molecule has 4 rings (SSSR count). The van der Waals surface area contributed by atoms with Crippen molar-refractivity contribution in [2.75, 3.05) is 0 Å². The van der Waals surface area contributed by atoms with Crippen LogP contribution in [0.2, 0.25) is 0 Å². The van der Waals surface area contributed by atoms with E-state index in [0.717, 1.165) is 6.42 Å². The summed E-state index contributed by atoms with van der Waals surface area (Å²) in [5, 5.41) is 4.00. The Morgan fingerprint density at radius 1 is 0.808 bits per heavy atom. The second-order valence-corrected chi connectivity index (χ2v) is 7.68. The molecule has 0 radical (unpaired) electrons. The zero-order valence-corrected chi connectivity index (χ0v) is 16.1. The molecule has 0 unspecified atom stereocenters. The Bertz CT molecular complexity index is 1110. The molecule has 0 amide bonds. The molecule has 0 spiro atoms. The molecular formula is C25H26N+. The minimum Gasteiger partial charge on any atom is -0.194 e. The van der Waals surface area contributed by atoms with E-state index in [1.165, 1.54) is 44.1 Å². The lowest BCUT2D eigenvalue weighted by atomic mass is 9.95. The van der Waals surface area contributed by atoms with Gasteiger partial charge in [-0.1, -0.05) is 56.3 Å². The molecular weight excluding hydrogens is 314 g/mol. The highest BCUT2D eigenvalue weighted by molar-refractivity contribution is 5.91. The van der Waals surface area contributed by atoms with Gasteiger partial charge >= 0.3 is 0 Å². The van der Waals surface area contributed by atoms with Crippen LogP contribution in [0.5, 0.6) is 0 Å². The molecule has 0 fully saturated rings. The van der Waals surface area contributed by atoms with E-state index in [2.05, 4.69) is 99.1 Å². The van der Waals surface area contributed by atoms with E-state index in [4.69, 9.17) is 0 Å². The first kappa shape index (κ1) is 16.8. The minimum atomic E-state index is 0.660. The van der Waals surface area contributed by atoms with Crippen molar-refractivity contribution in [1.29, 1.82) is 0 Å². The SMILES string of the molecule is Cc1c(-c2ccc3c(CC(C)C)cccc3[n+]2C)ccc2ccccc12. The van der Waals surface area contributed by atoms with Gasteiger partial charge in [0.15, 0.2) is 0 Å². The fraction of sp³-hybridized carbons (Fsp3) is 0.240. The number of aryl methyl sites for hydroxylation is 2. The molecule has 0 N–H and O–H groups in total. The van der Waals surface area contributed by atoms with Gasteiger partial charge in [0, 0.05) is 23.1 Å². The maximum atomic E-state index is 2.34. The van der Waals surface area contributed by atoms with Crippen molar-refractivity contribution < 1.29 is 4.57 Å². The maximum Gasteiger partial charge on any atom is 0.213 e. The average molecular weight is 340 g/mol. The number of hydrogen-bond acceptors (Lipinski definition) is 0. The van der Waals surface area contributed by atoms with Crippen LogP contribution >= 0.6 is 0 Å². The summed E-state index contributed by atoms with van der Waals surface area (Å²) in [6.07, 6.45) is 1.12. The van der Waals surface area contributed by atoms with E-state index < -0.39 is 0 Å². The maximum absolute atomic E-state index is 2.34. The molecule has 1 aromatic heterocycles. The molecule has 0 bridgehead atoms. The van der Waals surface area contributed by atoms with Crippen LogP contribution in [0, 0.1) is 12.8 Å². The van der Waals surface area contributed by atoms with E-state index in [1.807, 2.05) is 0 Å². The number of nitrogens with zero attached hydrogens (tertiary/aromatic N) is 1. The van der Waals surface area contributed by atoms with Crippen molar-refractivity contribution in [3.63, 3.8) is 0 Å². The molecule has 4 aromatic rings. The molecule has 1 heterocycles. The topological polar surface area (TPSA) is 3.88 Å². The summed E-state index contributed by atoms with van der Waals surface area (Å²) >= 11 is 0. The molecule has 0 aliphatic carbocycles. The van der Waals surface area contributed by atoms with Crippen molar-refractivity contribution in [1.82, 2.24) is 0 Å². The standard InChI is InChI=1S/C25H26N/c1-17(2)16-20-9-7-11-24-23(20)14-15-25(26(24)4)22-13-12-19-8-5-6-10-21(19)18(22)3/h5-15,17H,16H2,1-4H3/q+1. The second-order valence-electron chi connectivity index (χ2n) is 7.68. The average Bonchev–Trinajstić information content (AvgIpc) is 2.63. The Morgan fingerprint density at radius 2 is 1.62 bits per heavy atom. The van der Waals surface area contributed by atoms with Crippen molar-refractivity contribution in [3.05, 3.63) is 77.9 Å². The smallest absolute Gasteiger partial charge is 0.194 e. The Kier molecular flexibility index (Phi) is 4.24. The van der Waals surface area contributed by atoms with Crippen LogP contribution in [-0.2, 0) is 13.5 Å². The number of hydrogen-bond donors (Lipinski definition) is 0. The van der Waals surface area contributed by atoms with Gasteiger partial charge in [0.25, 0.3) is 0 Å². The van der Waals surface area contributed by atoms with Crippen molar-refractivity contribution >= 4 is 21.7 Å². The van der Waals surface area contributed by atoms with Crippen LogP contribution in [0.1, 0.15) is 25.0 Å². The van der Waals surface area contributed by atoms with E-state index in [0.29, 0.717) is 5.92 Å². The third-order valence-electron chi connectivity index (χ3n) is 5.41. The molecule has 130 valence electrons. The number of fused-ring (bicyclic) bond motifs is 2. The van der Waals surface area contributed by atoms with E-state index in [1.54, 1.807) is 0 Å². The minimum absolute atomic E-state index is 0.660. The Hall–Kier alpha value is -2.67. The highest BCUT2D eigenvalue weighted by Crippen LogP contribution is 2.29. The summed E-state index contributed by atoms with van der Waals surface area (Å²) in [7, 11) is 2.19. The second kappa shape index (κ2) is 6.57. The normalized spacial score (nSPS) is 11.6. The summed E-state index contributed by atoms with van der Waals surface area (Å²) in [5.74, 6) is 0.660. The van der Waals surface area contributed by atoms with Gasteiger partial charge in [-0.3, -0.25) is 0 Å². The fourth-order valence-electron chi connectivity index (χ4n) is 4.08. The number of rotatable bonds is 3. The molecule has 0 aliphatic rings. The lowest BCUT2D eigenvalue weighted by molar-refractivity contribution is -0.633. The number of pyridine rings is 1. The summed E-state index contributed by atoms with van der Waals surface area (Å²) in [5.41, 5.74) is 6.66. The quantitative estimate of drug-likeness (QED) is 0.403. The van der Waals surface area contributed by atoms with Gasteiger partial charge in [0.05, 0.1) is 0 Å². The van der Waals surface area contributed by atoms with Gasteiger partial charge in [0.1, 0.15) is 7.05 Å². The van der Waals surface area contributed by atoms with Crippen LogP contribution < -0.4 is 4.57 Å².